The molecule has 2 aliphatic rings. The van der Waals surface area contributed by atoms with Crippen LogP contribution in [0.2, 0.25) is 0 Å². The number of ether oxygens (including phenoxy) is 1. The molecule has 3 aromatic rings. The highest BCUT2D eigenvalue weighted by molar-refractivity contribution is 7.09. The minimum atomic E-state index is -0.395. The van der Waals surface area contributed by atoms with Crippen molar-refractivity contribution in [3.8, 4) is 5.75 Å². The molecular weight excluding hydrogens is 480 g/mol. The van der Waals surface area contributed by atoms with Gasteiger partial charge < -0.3 is 19.4 Å². The van der Waals surface area contributed by atoms with Crippen LogP contribution in [0.5, 0.6) is 5.75 Å². The second kappa shape index (κ2) is 10.5. The average molecular weight is 509 g/mol. The molecular formula is C25H28N6O4S. The van der Waals surface area contributed by atoms with Crippen molar-refractivity contribution in [2.24, 2.45) is 0 Å². The molecule has 188 valence electrons. The number of nitrogens with zero attached hydrogens (tertiary/aromatic N) is 6. The van der Waals surface area contributed by atoms with Gasteiger partial charge in [0.15, 0.2) is 0 Å². The van der Waals surface area contributed by atoms with Crippen molar-refractivity contribution in [2.75, 3.05) is 49.6 Å². The highest BCUT2D eigenvalue weighted by Gasteiger charge is 2.36. The van der Waals surface area contributed by atoms with Crippen LogP contribution in [0, 0.1) is 10.1 Å². The maximum absolute atomic E-state index is 13.4. The molecule has 2 aliphatic heterocycles. The predicted octanol–water partition coefficient (Wildman–Crippen LogP) is 3.36. The molecule has 0 N–H and O–H groups in total. The van der Waals surface area contributed by atoms with Crippen LogP contribution in [0.25, 0.3) is 0 Å². The summed E-state index contributed by atoms with van der Waals surface area (Å²) in [6.07, 6.45) is 2.38. The predicted molar refractivity (Wildman–Crippen MR) is 138 cm³/mol. The number of carbonyl (C=O) groups is 1. The molecule has 0 bridgehead atoms. The molecule has 10 nitrogen and oxygen atoms in total. The summed E-state index contributed by atoms with van der Waals surface area (Å²) in [6, 6.07) is 14.3. The molecule has 0 saturated carbocycles. The van der Waals surface area contributed by atoms with E-state index in [1.165, 1.54) is 23.7 Å². The topological polar surface area (TPSA) is 105 Å². The standard InChI is InChI=1S/C25H28N6O4S/c1-35-21-5-2-4-18(16-21)17-23-26-25(36-27-23)30-11-3-6-22(30)24(32)29-14-12-28(13-15-29)19-7-9-20(10-8-19)31(33)34/h2,4-5,7-10,16,22H,3,6,11-15,17H2,1H3. The number of hydrogen-bond donors (Lipinski definition) is 0. The third-order valence-corrected chi connectivity index (χ3v) is 7.55. The van der Waals surface area contributed by atoms with Gasteiger partial charge in [0.05, 0.1) is 12.0 Å². The van der Waals surface area contributed by atoms with Gasteiger partial charge in [-0.1, -0.05) is 12.1 Å². The van der Waals surface area contributed by atoms with Gasteiger partial charge in [-0.05, 0) is 42.7 Å². The van der Waals surface area contributed by atoms with Gasteiger partial charge in [0.25, 0.3) is 5.69 Å². The molecule has 36 heavy (non-hydrogen) atoms. The molecule has 2 aromatic carbocycles. The summed E-state index contributed by atoms with van der Waals surface area (Å²) < 4.78 is 9.86. The van der Waals surface area contributed by atoms with Crippen LogP contribution in [-0.4, -0.2) is 71.0 Å². The van der Waals surface area contributed by atoms with Gasteiger partial charge in [-0.2, -0.15) is 4.37 Å². The van der Waals surface area contributed by atoms with Crippen LogP contribution < -0.4 is 14.5 Å². The lowest BCUT2D eigenvalue weighted by atomic mass is 10.1. The van der Waals surface area contributed by atoms with E-state index in [1.807, 2.05) is 29.2 Å². The van der Waals surface area contributed by atoms with Crippen LogP contribution in [0.1, 0.15) is 24.2 Å². The zero-order valence-corrected chi connectivity index (χ0v) is 20.9. The number of carbonyl (C=O) groups excluding carboxylic acids is 1. The van der Waals surface area contributed by atoms with E-state index < -0.39 is 4.92 Å². The first-order chi connectivity index (χ1) is 17.5. The molecule has 1 aromatic heterocycles. The van der Waals surface area contributed by atoms with E-state index in [9.17, 15) is 14.9 Å². The van der Waals surface area contributed by atoms with Gasteiger partial charge in [-0.25, -0.2) is 4.98 Å². The molecule has 1 atom stereocenters. The van der Waals surface area contributed by atoms with E-state index in [1.54, 1.807) is 19.2 Å². The first-order valence-corrected chi connectivity index (χ1v) is 12.8. The van der Waals surface area contributed by atoms with E-state index >= 15 is 0 Å². The van der Waals surface area contributed by atoms with E-state index in [2.05, 4.69) is 14.2 Å². The summed E-state index contributed by atoms with van der Waals surface area (Å²) in [4.78, 5) is 34.9. The van der Waals surface area contributed by atoms with Crippen LogP contribution >= 0.6 is 11.5 Å². The number of benzene rings is 2. The fourth-order valence-electron chi connectivity index (χ4n) is 4.83. The molecule has 2 fully saturated rings. The van der Waals surface area contributed by atoms with Crippen molar-refractivity contribution in [3.63, 3.8) is 0 Å². The number of hydrogen-bond acceptors (Lipinski definition) is 9. The summed E-state index contributed by atoms with van der Waals surface area (Å²) in [6.45, 7) is 3.43. The fourth-order valence-corrected chi connectivity index (χ4v) is 5.59. The lowest BCUT2D eigenvalue weighted by Crippen LogP contribution is -2.53. The van der Waals surface area contributed by atoms with Crippen LogP contribution in [0.4, 0.5) is 16.5 Å². The van der Waals surface area contributed by atoms with Crippen LogP contribution in [0.15, 0.2) is 48.5 Å². The number of methoxy groups -OCH3 is 1. The lowest BCUT2D eigenvalue weighted by molar-refractivity contribution is -0.384. The average Bonchev–Trinajstić information content (AvgIpc) is 3.58. The summed E-state index contributed by atoms with van der Waals surface area (Å²) in [5.74, 6) is 1.69. The second-order valence-electron chi connectivity index (χ2n) is 8.96. The number of anilines is 2. The quantitative estimate of drug-likeness (QED) is 0.353. The molecule has 0 aliphatic carbocycles. The minimum Gasteiger partial charge on any atom is -0.497 e. The molecule has 0 radical (unpaired) electrons. The third-order valence-electron chi connectivity index (χ3n) is 6.75. The van der Waals surface area contributed by atoms with Gasteiger partial charge >= 0.3 is 0 Å². The van der Waals surface area contributed by atoms with Gasteiger partial charge in [-0.15, -0.1) is 0 Å². The zero-order valence-electron chi connectivity index (χ0n) is 20.1. The zero-order chi connectivity index (χ0) is 25.1. The molecule has 5 rings (SSSR count). The Kier molecular flexibility index (Phi) is 6.99. The number of piperazine rings is 1. The lowest BCUT2D eigenvalue weighted by Gasteiger charge is -2.38. The molecule has 2 saturated heterocycles. The van der Waals surface area contributed by atoms with Crippen molar-refractivity contribution < 1.29 is 14.5 Å². The summed E-state index contributed by atoms with van der Waals surface area (Å²) in [5, 5.41) is 11.7. The Morgan fingerprint density at radius 3 is 2.64 bits per heavy atom. The molecule has 3 heterocycles. The van der Waals surface area contributed by atoms with Crippen molar-refractivity contribution >= 4 is 33.9 Å². The van der Waals surface area contributed by atoms with Gasteiger partial charge in [-0.3, -0.25) is 14.9 Å². The normalized spacial score (nSPS) is 17.9. The third kappa shape index (κ3) is 5.11. The van der Waals surface area contributed by atoms with E-state index in [-0.39, 0.29) is 17.6 Å². The molecule has 11 heteroatoms. The van der Waals surface area contributed by atoms with Crippen molar-refractivity contribution in [1.82, 2.24) is 14.3 Å². The van der Waals surface area contributed by atoms with Gasteiger partial charge in [0.2, 0.25) is 11.0 Å². The van der Waals surface area contributed by atoms with Crippen molar-refractivity contribution in [1.29, 1.82) is 0 Å². The first kappa shape index (κ1) is 24.0. The Labute approximate surface area is 213 Å². The summed E-state index contributed by atoms with van der Waals surface area (Å²) in [7, 11) is 1.65. The number of non-ortho nitro benzene ring substituents is 1. The Bertz CT molecular complexity index is 1230. The second-order valence-corrected chi connectivity index (χ2v) is 9.69. The summed E-state index contributed by atoms with van der Waals surface area (Å²) >= 11 is 1.35. The molecule has 0 spiro atoms. The Morgan fingerprint density at radius 2 is 1.92 bits per heavy atom. The fraction of sp³-hybridized carbons (Fsp3) is 0.400. The van der Waals surface area contributed by atoms with Crippen molar-refractivity contribution in [2.45, 2.75) is 25.3 Å². The summed E-state index contributed by atoms with van der Waals surface area (Å²) in [5.41, 5.74) is 2.10. The number of nitro groups is 1. The number of aromatic nitrogens is 2. The minimum absolute atomic E-state index is 0.0808. The molecule has 1 amide bonds. The SMILES string of the molecule is COc1cccc(Cc2nsc(N3CCCC3C(=O)N3CCN(c4ccc([N+](=O)[O-])cc4)CC3)n2)c1. The van der Waals surface area contributed by atoms with E-state index in [4.69, 9.17) is 9.72 Å². The van der Waals surface area contributed by atoms with E-state index in [0.717, 1.165) is 47.3 Å². The molecule has 1 unspecified atom stereocenters. The van der Waals surface area contributed by atoms with Gasteiger partial charge in [0, 0.05) is 68.5 Å². The Morgan fingerprint density at radius 1 is 1.14 bits per heavy atom. The highest BCUT2D eigenvalue weighted by atomic mass is 32.1. The number of amides is 1. The Balaban J connectivity index is 1.20. The van der Waals surface area contributed by atoms with Crippen molar-refractivity contribution in [3.05, 3.63) is 70.0 Å². The first-order valence-electron chi connectivity index (χ1n) is 12.0. The maximum Gasteiger partial charge on any atom is 0.269 e. The largest absolute Gasteiger partial charge is 0.497 e. The smallest absolute Gasteiger partial charge is 0.269 e. The maximum atomic E-state index is 13.4. The number of rotatable bonds is 7. The van der Waals surface area contributed by atoms with Gasteiger partial charge in [0.1, 0.15) is 17.6 Å². The highest BCUT2D eigenvalue weighted by Crippen LogP contribution is 2.29. The van der Waals surface area contributed by atoms with Crippen LogP contribution in [-0.2, 0) is 11.2 Å². The van der Waals surface area contributed by atoms with Crippen LogP contribution in [0.3, 0.4) is 0 Å². The Hall–Kier alpha value is -3.73. The van der Waals surface area contributed by atoms with E-state index in [0.29, 0.717) is 32.6 Å². The number of nitro benzene ring substituents is 1. The monoisotopic (exact) mass is 508 g/mol.